The Morgan fingerprint density at radius 1 is 1.00 bits per heavy atom. The molecule has 3 amide bonds. The molecule has 0 aliphatic carbocycles. The molecule has 0 fully saturated rings. The van der Waals surface area contributed by atoms with E-state index in [0.29, 0.717) is 64.0 Å². The number of fused-ring (bicyclic) bond motifs is 1. The number of amides is 3. The Morgan fingerprint density at radius 2 is 1.65 bits per heavy atom. The molecule has 2 aromatic heterocycles. The summed E-state index contributed by atoms with van der Waals surface area (Å²) < 4.78 is 16.1. The van der Waals surface area contributed by atoms with Crippen molar-refractivity contribution in [2.24, 2.45) is 23.5 Å². The average Bonchev–Trinajstić information content (AvgIpc) is 3.49. The van der Waals surface area contributed by atoms with E-state index in [0.717, 1.165) is 0 Å². The second kappa shape index (κ2) is 12.5. The van der Waals surface area contributed by atoms with Crippen molar-refractivity contribution < 1.29 is 23.9 Å². The van der Waals surface area contributed by atoms with Crippen molar-refractivity contribution in [2.45, 2.75) is 26.9 Å². The summed E-state index contributed by atoms with van der Waals surface area (Å²) in [5.41, 5.74) is 21.0. The summed E-state index contributed by atoms with van der Waals surface area (Å²) in [5, 5.41) is 7.54. The third-order valence-corrected chi connectivity index (χ3v) is 6.84. The molecule has 0 spiro atoms. The number of imidazole rings is 1. The van der Waals surface area contributed by atoms with Gasteiger partial charge in [-0.2, -0.15) is 10.1 Å². The number of nitrogens with zero attached hydrogens (tertiary/aromatic N) is 5. The van der Waals surface area contributed by atoms with Gasteiger partial charge in [-0.1, -0.05) is 12.2 Å². The first kappa shape index (κ1) is 30.4. The minimum absolute atomic E-state index is 0.235. The van der Waals surface area contributed by atoms with E-state index in [1.165, 1.54) is 26.4 Å². The third-order valence-electron chi connectivity index (χ3n) is 6.84. The van der Waals surface area contributed by atoms with Crippen LogP contribution in [0.3, 0.4) is 0 Å². The first-order chi connectivity index (χ1) is 20.5. The Balaban J connectivity index is 1.74. The van der Waals surface area contributed by atoms with Gasteiger partial charge in [0, 0.05) is 37.8 Å². The molecule has 14 heteroatoms. The zero-order chi connectivity index (χ0) is 31.4. The Bertz CT molecular complexity index is 1830. The Morgan fingerprint density at radius 3 is 2.28 bits per heavy atom. The molecule has 14 nitrogen and oxygen atoms in total. The molecule has 7 N–H and O–H groups in total. The molecule has 0 saturated heterocycles. The molecule has 4 rings (SSSR count). The van der Waals surface area contributed by atoms with E-state index in [1.54, 1.807) is 34.5 Å². The summed E-state index contributed by atoms with van der Waals surface area (Å²) in [6.45, 7) is 4.85. The molecule has 2 heterocycles. The van der Waals surface area contributed by atoms with E-state index >= 15 is 0 Å². The maximum absolute atomic E-state index is 13.4. The molecule has 0 radical (unpaired) electrons. The minimum atomic E-state index is -0.616. The van der Waals surface area contributed by atoms with Crippen LogP contribution in [-0.4, -0.2) is 57.4 Å². The highest BCUT2D eigenvalue weighted by molar-refractivity contribution is 5.99. The molecule has 0 saturated carbocycles. The second-order valence-corrected chi connectivity index (χ2v) is 9.64. The van der Waals surface area contributed by atoms with Crippen LogP contribution in [0.2, 0.25) is 0 Å². The number of benzene rings is 2. The number of hydrogen-bond donors (Lipinski definition) is 4. The topological polar surface area (TPSA) is 200 Å². The van der Waals surface area contributed by atoms with Gasteiger partial charge in [0.05, 0.1) is 31.1 Å². The van der Waals surface area contributed by atoms with Gasteiger partial charge in [0.25, 0.3) is 5.91 Å². The summed E-state index contributed by atoms with van der Waals surface area (Å²) in [5.74, 6) is -0.931. The van der Waals surface area contributed by atoms with Gasteiger partial charge < -0.3 is 41.1 Å². The van der Waals surface area contributed by atoms with Gasteiger partial charge in [-0.15, -0.1) is 0 Å². The summed E-state index contributed by atoms with van der Waals surface area (Å²) in [7, 11) is 4.70. The number of ether oxygens (including phenoxy) is 2. The highest BCUT2D eigenvalue weighted by atomic mass is 16.5. The fraction of sp³-hybridized carbons (Fsp3) is 0.276. The molecule has 43 heavy (non-hydrogen) atoms. The van der Waals surface area contributed by atoms with E-state index in [-0.39, 0.29) is 17.7 Å². The van der Waals surface area contributed by atoms with E-state index in [9.17, 15) is 14.4 Å². The molecular formula is C29H35N9O5. The normalized spacial score (nSPS) is 11.8. The molecular weight excluding hydrogens is 554 g/mol. The van der Waals surface area contributed by atoms with Crippen molar-refractivity contribution in [2.75, 3.05) is 31.8 Å². The number of aromatic nitrogens is 4. The number of allylic oxidation sites excluding steroid dienone is 1. The Labute approximate surface area is 247 Å². The summed E-state index contributed by atoms with van der Waals surface area (Å²) in [4.78, 5) is 41.5. The molecule has 0 atom stereocenters. The number of nitrogens with two attached hydrogens (primary N) is 3. The number of carbonyl (C=O) groups excluding carboxylic acids is 3. The van der Waals surface area contributed by atoms with Crippen LogP contribution in [0.25, 0.3) is 11.0 Å². The number of anilines is 2. The summed E-state index contributed by atoms with van der Waals surface area (Å²) in [6, 6.07) is 7.87. The lowest BCUT2D eigenvalue weighted by atomic mass is 10.1. The zero-order valence-corrected chi connectivity index (χ0v) is 24.7. The van der Waals surface area contributed by atoms with Crippen molar-refractivity contribution in [3.05, 3.63) is 70.6 Å². The fourth-order valence-corrected chi connectivity index (χ4v) is 4.78. The SMILES string of the molecule is CCn1nc(C)cc1C(=O)N=c1n(C)c2cc(C(N)=O)cc(OC)c2n1C/C=C/CNc1c(N)cc(C(N)=O)cc1OC. The standard InChI is InChI=1S/C29H35N9O5/c1-6-38-21(11-16(2)35-38)28(41)34-29-36(3)20-13-18(27(32)40)15-23(43-5)25(20)37(29)10-8-7-9-33-24-19(30)12-17(26(31)39)14-22(24)42-4/h7-8,11-15,33H,6,9-10,30H2,1-5H3,(H2,31,39)(H2,32,40)/b8-7+,34-29?. The number of aryl methyl sites for hydroxylation is 3. The first-order valence-corrected chi connectivity index (χ1v) is 13.4. The maximum atomic E-state index is 13.4. The third kappa shape index (κ3) is 6.07. The number of nitrogen functional groups attached to an aromatic ring is 1. The van der Waals surface area contributed by atoms with Crippen LogP contribution < -0.4 is 37.6 Å². The average molecular weight is 590 g/mol. The number of methoxy groups -OCH3 is 2. The molecule has 0 unspecified atom stereocenters. The van der Waals surface area contributed by atoms with Crippen molar-refractivity contribution in [1.29, 1.82) is 0 Å². The van der Waals surface area contributed by atoms with Crippen LogP contribution in [0.4, 0.5) is 11.4 Å². The van der Waals surface area contributed by atoms with Crippen LogP contribution in [0, 0.1) is 6.92 Å². The number of carbonyl (C=O) groups is 3. The van der Waals surface area contributed by atoms with Crippen LogP contribution in [-0.2, 0) is 20.1 Å². The lowest BCUT2D eigenvalue weighted by molar-refractivity contribution is 0.0980. The molecule has 0 bridgehead atoms. The van der Waals surface area contributed by atoms with Crippen molar-refractivity contribution in [1.82, 2.24) is 18.9 Å². The summed E-state index contributed by atoms with van der Waals surface area (Å²) >= 11 is 0. The van der Waals surface area contributed by atoms with Crippen molar-refractivity contribution >= 4 is 40.1 Å². The highest BCUT2D eigenvalue weighted by Gasteiger charge is 2.19. The van der Waals surface area contributed by atoms with Crippen LogP contribution in [0.5, 0.6) is 11.5 Å². The van der Waals surface area contributed by atoms with Crippen LogP contribution in [0.15, 0.2) is 47.5 Å². The molecule has 4 aromatic rings. The maximum Gasteiger partial charge on any atom is 0.298 e. The van der Waals surface area contributed by atoms with E-state index in [4.69, 9.17) is 26.7 Å². The number of primary amides is 2. The molecule has 0 aliphatic rings. The van der Waals surface area contributed by atoms with E-state index in [1.807, 2.05) is 30.6 Å². The summed E-state index contributed by atoms with van der Waals surface area (Å²) in [6.07, 6.45) is 3.73. The van der Waals surface area contributed by atoms with Gasteiger partial charge in [-0.25, -0.2) is 0 Å². The largest absolute Gasteiger partial charge is 0.494 e. The smallest absolute Gasteiger partial charge is 0.298 e. The van der Waals surface area contributed by atoms with E-state index < -0.39 is 17.7 Å². The predicted octanol–water partition coefficient (Wildman–Crippen LogP) is 1.71. The van der Waals surface area contributed by atoms with Crippen LogP contribution in [0.1, 0.15) is 43.8 Å². The number of hydrogen-bond acceptors (Lipinski definition) is 8. The predicted molar refractivity (Wildman–Crippen MR) is 162 cm³/mol. The number of nitrogens with one attached hydrogen (secondary N) is 1. The lowest BCUT2D eigenvalue weighted by Gasteiger charge is -2.14. The Hall–Kier alpha value is -5.53. The first-order valence-electron chi connectivity index (χ1n) is 13.4. The molecule has 2 aromatic carbocycles. The van der Waals surface area contributed by atoms with Crippen molar-refractivity contribution in [3.8, 4) is 11.5 Å². The van der Waals surface area contributed by atoms with Gasteiger partial charge in [-0.3, -0.25) is 19.1 Å². The second-order valence-electron chi connectivity index (χ2n) is 9.64. The lowest BCUT2D eigenvalue weighted by Crippen LogP contribution is -2.26. The monoisotopic (exact) mass is 589 g/mol. The molecule has 226 valence electrons. The van der Waals surface area contributed by atoms with Gasteiger partial charge in [-0.05, 0) is 44.2 Å². The van der Waals surface area contributed by atoms with Gasteiger partial charge >= 0.3 is 0 Å². The minimum Gasteiger partial charge on any atom is -0.494 e. The van der Waals surface area contributed by atoms with Gasteiger partial charge in [0.15, 0.2) is 0 Å². The van der Waals surface area contributed by atoms with Crippen molar-refractivity contribution in [3.63, 3.8) is 0 Å². The highest BCUT2D eigenvalue weighted by Crippen LogP contribution is 2.32. The van der Waals surface area contributed by atoms with Crippen LogP contribution >= 0.6 is 0 Å². The zero-order valence-electron chi connectivity index (χ0n) is 24.7. The van der Waals surface area contributed by atoms with Gasteiger partial charge in [0.1, 0.15) is 28.4 Å². The Kier molecular flexibility index (Phi) is 8.88. The van der Waals surface area contributed by atoms with E-state index in [2.05, 4.69) is 15.4 Å². The molecule has 0 aliphatic heterocycles. The number of rotatable bonds is 11. The fourth-order valence-electron chi connectivity index (χ4n) is 4.78. The quantitative estimate of drug-likeness (QED) is 0.150. The van der Waals surface area contributed by atoms with Gasteiger partial charge in [0.2, 0.25) is 17.4 Å².